The molecule has 0 aliphatic heterocycles. The van der Waals surface area contributed by atoms with Gasteiger partial charge in [0.05, 0.1) is 41.0 Å². The van der Waals surface area contributed by atoms with E-state index in [1.54, 1.807) is 41.1 Å². The number of nitrogens with one attached hydrogen (secondary N) is 1. The number of ether oxygens (including phenoxy) is 1. The van der Waals surface area contributed by atoms with Gasteiger partial charge in [-0.15, -0.1) is 5.10 Å². The number of benzene rings is 2. The fourth-order valence-corrected chi connectivity index (χ4v) is 3.00. The van der Waals surface area contributed by atoms with Crippen molar-refractivity contribution in [3.05, 3.63) is 69.5 Å². The Morgan fingerprint density at radius 2 is 1.93 bits per heavy atom. The minimum absolute atomic E-state index is 0.0520. The summed E-state index contributed by atoms with van der Waals surface area (Å²) in [6.45, 7) is 2.52. The molecule has 0 fully saturated rings. The first-order chi connectivity index (χ1) is 14.0. The highest BCUT2D eigenvalue weighted by Gasteiger charge is 2.14. The quantitative estimate of drug-likeness (QED) is 0.566. The molecule has 9 heteroatoms. The average molecular weight is 435 g/mol. The molecule has 1 amide bonds. The van der Waals surface area contributed by atoms with Crippen LogP contribution in [0.4, 0.5) is 5.69 Å². The molecule has 0 bridgehead atoms. The van der Waals surface area contributed by atoms with Crippen LogP contribution in [0.2, 0.25) is 10.0 Å². The van der Waals surface area contributed by atoms with Crippen LogP contribution in [0.25, 0.3) is 0 Å². The minimum atomic E-state index is -0.196. The zero-order chi connectivity index (χ0) is 20.8. The van der Waals surface area contributed by atoms with E-state index in [1.807, 2.05) is 13.0 Å². The highest BCUT2D eigenvalue weighted by molar-refractivity contribution is 6.42. The van der Waals surface area contributed by atoms with Crippen molar-refractivity contribution in [1.29, 1.82) is 0 Å². The average Bonchev–Trinajstić information content (AvgIpc) is 3.03. The third kappa shape index (κ3) is 5.69. The lowest BCUT2D eigenvalue weighted by Gasteiger charge is -2.08. The molecule has 0 unspecified atom stereocenters. The monoisotopic (exact) mass is 434 g/mol. The Labute approximate surface area is 178 Å². The van der Waals surface area contributed by atoms with E-state index in [1.165, 1.54) is 0 Å². The van der Waals surface area contributed by atoms with Crippen LogP contribution in [0.3, 0.4) is 0 Å². The van der Waals surface area contributed by atoms with Crippen LogP contribution in [0, 0.1) is 6.92 Å². The van der Waals surface area contributed by atoms with Gasteiger partial charge in [0.1, 0.15) is 12.4 Å². The summed E-state index contributed by atoms with van der Waals surface area (Å²) in [5.74, 6) is 0.428. The maximum Gasteiger partial charge on any atom is 0.230 e. The van der Waals surface area contributed by atoms with Crippen molar-refractivity contribution < 1.29 is 14.6 Å². The SMILES string of the molecule is Cc1c(CC(=O)Nc2ccc(OCCO)cc2)nnn1Cc1ccc(Cl)c(Cl)c1. The molecule has 3 rings (SSSR count). The van der Waals surface area contributed by atoms with E-state index in [0.29, 0.717) is 33.7 Å². The number of carbonyl (C=O) groups is 1. The summed E-state index contributed by atoms with van der Waals surface area (Å²) < 4.78 is 7.01. The van der Waals surface area contributed by atoms with Gasteiger partial charge in [-0.1, -0.05) is 34.5 Å². The fourth-order valence-electron chi connectivity index (χ4n) is 2.68. The van der Waals surface area contributed by atoms with Gasteiger partial charge in [0.15, 0.2) is 0 Å². The molecule has 0 aliphatic carbocycles. The normalized spacial score (nSPS) is 10.8. The van der Waals surface area contributed by atoms with Gasteiger partial charge in [-0.3, -0.25) is 4.79 Å². The van der Waals surface area contributed by atoms with Crippen molar-refractivity contribution in [2.45, 2.75) is 19.9 Å². The first-order valence-corrected chi connectivity index (χ1v) is 9.68. The number of aliphatic hydroxyl groups excluding tert-OH is 1. The summed E-state index contributed by atoms with van der Waals surface area (Å²) in [5.41, 5.74) is 2.99. The van der Waals surface area contributed by atoms with Gasteiger partial charge < -0.3 is 15.2 Å². The molecule has 3 aromatic rings. The van der Waals surface area contributed by atoms with Crippen molar-refractivity contribution in [3.8, 4) is 5.75 Å². The van der Waals surface area contributed by atoms with E-state index in [4.69, 9.17) is 33.0 Å². The van der Waals surface area contributed by atoms with Gasteiger partial charge in [-0.25, -0.2) is 4.68 Å². The number of halogens is 2. The van der Waals surface area contributed by atoms with Crippen molar-refractivity contribution in [3.63, 3.8) is 0 Å². The van der Waals surface area contributed by atoms with E-state index in [-0.39, 0.29) is 25.5 Å². The van der Waals surface area contributed by atoms with Crippen LogP contribution in [0.1, 0.15) is 17.0 Å². The van der Waals surface area contributed by atoms with Gasteiger partial charge in [-0.05, 0) is 48.9 Å². The lowest BCUT2D eigenvalue weighted by molar-refractivity contribution is -0.115. The molecule has 0 saturated heterocycles. The lowest BCUT2D eigenvalue weighted by atomic mass is 10.2. The van der Waals surface area contributed by atoms with Crippen LogP contribution < -0.4 is 10.1 Å². The third-order valence-electron chi connectivity index (χ3n) is 4.22. The van der Waals surface area contributed by atoms with Crippen molar-refractivity contribution in [2.75, 3.05) is 18.5 Å². The Hall–Kier alpha value is -2.61. The number of rotatable bonds is 8. The Balaban J connectivity index is 1.60. The molecular weight excluding hydrogens is 415 g/mol. The number of hydrogen-bond donors (Lipinski definition) is 2. The molecule has 1 heterocycles. The van der Waals surface area contributed by atoms with E-state index >= 15 is 0 Å². The van der Waals surface area contributed by atoms with Gasteiger partial charge >= 0.3 is 0 Å². The van der Waals surface area contributed by atoms with Crippen molar-refractivity contribution in [1.82, 2.24) is 15.0 Å². The van der Waals surface area contributed by atoms with Crippen LogP contribution in [0.15, 0.2) is 42.5 Å². The van der Waals surface area contributed by atoms with Gasteiger partial charge in [-0.2, -0.15) is 0 Å². The molecule has 7 nitrogen and oxygen atoms in total. The summed E-state index contributed by atoms with van der Waals surface area (Å²) in [5, 5.41) is 20.8. The maximum absolute atomic E-state index is 12.4. The van der Waals surface area contributed by atoms with Crippen molar-refractivity contribution in [2.24, 2.45) is 0 Å². The zero-order valence-electron chi connectivity index (χ0n) is 15.7. The topological polar surface area (TPSA) is 89.3 Å². The lowest BCUT2D eigenvalue weighted by Crippen LogP contribution is -2.15. The third-order valence-corrected chi connectivity index (χ3v) is 4.96. The summed E-state index contributed by atoms with van der Waals surface area (Å²) in [6.07, 6.45) is 0.107. The predicted molar refractivity (Wildman–Crippen MR) is 112 cm³/mol. The van der Waals surface area contributed by atoms with E-state index in [2.05, 4.69) is 15.6 Å². The molecule has 0 atom stereocenters. The smallest absolute Gasteiger partial charge is 0.230 e. The number of hydrogen-bond acceptors (Lipinski definition) is 5. The summed E-state index contributed by atoms with van der Waals surface area (Å²) >= 11 is 12.0. The molecule has 2 N–H and O–H groups in total. The molecular formula is C20H20Cl2N4O3. The van der Waals surface area contributed by atoms with Crippen molar-refractivity contribution >= 4 is 34.8 Å². The standard InChI is InChI=1S/C20H20Cl2N4O3/c1-13-19(24-25-26(13)12-14-2-7-17(21)18(22)10-14)11-20(28)23-15-3-5-16(6-4-15)29-9-8-27/h2-7,10,27H,8-9,11-12H2,1H3,(H,23,28). The molecule has 0 aliphatic rings. The van der Waals surface area contributed by atoms with Crippen LogP contribution in [0.5, 0.6) is 5.75 Å². The zero-order valence-corrected chi connectivity index (χ0v) is 17.2. The fraction of sp³-hybridized carbons (Fsp3) is 0.250. The van der Waals surface area contributed by atoms with Crippen LogP contribution in [-0.4, -0.2) is 39.2 Å². The Bertz CT molecular complexity index is 990. The number of carbonyl (C=O) groups excluding carboxylic acids is 1. The second-order valence-corrected chi connectivity index (χ2v) is 7.16. The Morgan fingerprint density at radius 1 is 1.17 bits per heavy atom. The summed E-state index contributed by atoms with van der Waals surface area (Å²) in [4.78, 5) is 12.4. The van der Waals surface area contributed by atoms with Gasteiger partial charge in [0.2, 0.25) is 5.91 Å². The second-order valence-electron chi connectivity index (χ2n) is 6.35. The summed E-state index contributed by atoms with van der Waals surface area (Å²) in [6, 6.07) is 12.3. The van der Waals surface area contributed by atoms with Gasteiger partial charge in [0.25, 0.3) is 0 Å². The maximum atomic E-state index is 12.4. The molecule has 0 radical (unpaired) electrons. The van der Waals surface area contributed by atoms with Gasteiger partial charge in [0, 0.05) is 5.69 Å². The van der Waals surface area contributed by atoms with E-state index in [9.17, 15) is 4.79 Å². The number of anilines is 1. The molecule has 152 valence electrons. The molecule has 1 aromatic heterocycles. The number of amides is 1. The first kappa shape index (κ1) is 21.1. The molecule has 0 saturated carbocycles. The molecule has 2 aromatic carbocycles. The highest BCUT2D eigenvalue weighted by Crippen LogP contribution is 2.23. The molecule has 29 heavy (non-hydrogen) atoms. The Morgan fingerprint density at radius 3 is 2.62 bits per heavy atom. The Kier molecular flexibility index (Phi) is 7.09. The van der Waals surface area contributed by atoms with Crippen LogP contribution >= 0.6 is 23.2 Å². The second kappa shape index (κ2) is 9.73. The van der Waals surface area contributed by atoms with E-state index < -0.39 is 0 Å². The largest absolute Gasteiger partial charge is 0.491 e. The first-order valence-electron chi connectivity index (χ1n) is 8.92. The predicted octanol–water partition coefficient (Wildman–Crippen LogP) is 3.49. The van der Waals surface area contributed by atoms with E-state index in [0.717, 1.165) is 11.3 Å². The van der Waals surface area contributed by atoms with Crippen LogP contribution in [-0.2, 0) is 17.8 Å². The molecule has 0 spiro atoms. The minimum Gasteiger partial charge on any atom is -0.491 e. The number of nitrogens with zero attached hydrogens (tertiary/aromatic N) is 3. The number of aromatic nitrogens is 3. The highest BCUT2D eigenvalue weighted by atomic mass is 35.5. The summed E-state index contributed by atoms with van der Waals surface area (Å²) in [7, 11) is 0. The number of aliphatic hydroxyl groups is 1.